The first kappa shape index (κ1) is 15.7. The van der Waals surface area contributed by atoms with E-state index in [9.17, 15) is 12.8 Å². The summed E-state index contributed by atoms with van der Waals surface area (Å²) in [5.74, 6) is -0.503. The molecule has 0 radical (unpaired) electrons. The van der Waals surface area contributed by atoms with Crippen LogP contribution in [0.15, 0.2) is 59.5 Å². The van der Waals surface area contributed by atoms with Gasteiger partial charge in [-0.05, 0) is 36.4 Å². The Kier molecular flexibility index (Phi) is 5.09. The zero-order valence-corrected chi connectivity index (χ0v) is 12.6. The third-order valence-electron chi connectivity index (χ3n) is 3.21. The molecule has 0 aliphatic carbocycles. The van der Waals surface area contributed by atoms with Gasteiger partial charge in [0.05, 0.1) is 10.6 Å². The molecule has 0 bridgehead atoms. The summed E-state index contributed by atoms with van der Waals surface area (Å²) in [5, 5.41) is 3.18. The first-order valence-electron chi connectivity index (χ1n) is 6.79. The van der Waals surface area contributed by atoms with E-state index in [2.05, 4.69) is 5.32 Å². The molecule has 3 nitrogen and oxygen atoms in total. The Morgan fingerprint density at radius 2 is 1.67 bits per heavy atom. The Bertz CT molecular complexity index is 669. The molecule has 21 heavy (non-hydrogen) atoms. The highest BCUT2D eigenvalue weighted by Gasteiger charge is 2.22. The molecule has 0 saturated carbocycles. The van der Waals surface area contributed by atoms with Crippen molar-refractivity contribution in [3.63, 3.8) is 0 Å². The van der Waals surface area contributed by atoms with Gasteiger partial charge in [0.1, 0.15) is 5.82 Å². The third kappa shape index (κ3) is 4.12. The molecular formula is C16H18FNO2S. The summed E-state index contributed by atoms with van der Waals surface area (Å²) in [4.78, 5) is 0.141. The minimum Gasteiger partial charge on any atom is -0.309 e. The summed E-state index contributed by atoms with van der Waals surface area (Å²) in [7, 11) is -3.48. The van der Waals surface area contributed by atoms with Gasteiger partial charge in [-0.25, -0.2) is 12.8 Å². The molecule has 2 aromatic rings. The molecule has 0 spiro atoms. The lowest BCUT2D eigenvalue weighted by molar-refractivity contribution is 0.558. The molecule has 2 rings (SSSR count). The van der Waals surface area contributed by atoms with Crippen LogP contribution in [0.25, 0.3) is 0 Å². The lowest BCUT2D eigenvalue weighted by Crippen LogP contribution is -2.28. The Hall–Kier alpha value is -1.72. The number of sulfone groups is 1. The van der Waals surface area contributed by atoms with E-state index in [0.29, 0.717) is 6.54 Å². The Morgan fingerprint density at radius 1 is 1.05 bits per heavy atom. The molecule has 5 heteroatoms. The lowest BCUT2D eigenvalue weighted by atomic mass is 10.1. The lowest BCUT2D eigenvalue weighted by Gasteiger charge is -2.18. The molecule has 0 amide bonds. The van der Waals surface area contributed by atoms with E-state index < -0.39 is 15.7 Å². The molecule has 1 atom stereocenters. The van der Waals surface area contributed by atoms with Gasteiger partial charge in [0.25, 0.3) is 0 Å². The summed E-state index contributed by atoms with van der Waals surface area (Å²) in [6, 6.07) is 14.1. The molecule has 0 aromatic heterocycles. The zero-order chi connectivity index (χ0) is 15.3. The first-order chi connectivity index (χ1) is 10.0. The normalized spacial score (nSPS) is 13.0. The van der Waals surface area contributed by atoms with E-state index in [1.807, 2.05) is 37.3 Å². The quantitative estimate of drug-likeness (QED) is 0.835. The standard InChI is InChI=1S/C16H18FNO2S/c1-2-18-16(13-6-4-3-5-7-13)12-21(19,20)15-10-8-14(17)9-11-15/h3-11,16,18H,2,12H2,1H3. The van der Waals surface area contributed by atoms with E-state index >= 15 is 0 Å². The predicted octanol–water partition coefficient (Wildman–Crippen LogP) is 2.95. The van der Waals surface area contributed by atoms with Gasteiger partial charge >= 0.3 is 0 Å². The highest BCUT2D eigenvalue weighted by molar-refractivity contribution is 7.91. The molecule has 0 aliphatic heterocycles. The van der Waals surface area contributed by atoms with Crippen LogP contribution in [0.3, 0.4) is 0 Å². The smallest absolute Gasteiger partial charge is 0.180 e. The van der Waals surface area contributed by atoms with Crippen LogP contribution in [0, 0.1) is 5.82 Å². The molecule has 0 fully saturated rings. The van der Waals surface area contributed by atoms with Gasteiger partial charge in [-0.15, -0.1) is 0 Å². The second kappa shape index (κ2) is 6.83. The monoisotopic (exact) mass is 307 g/mol. The molecule has 1 unspecified atom stereocenters. The van der Waals surface area contributed by atoms with E-state index in [1.54, 1.807) is 0 Å². The van der Waals surface area contributed by atoms with Crippen LogP contribution in [0.4, 0.5) is 4.39 Å². The van der Waals surface area contributed by atoms with Crippen molar-refractivity contribution in [3.05, 3.63) is 66.0 Å². The Morgan fingerprint density at radius 3 is 2.24 bits per heavy atom. The van der Waals surface area contributed by atoms with Crippen molar-refractivity contribution in [2.75, 3.05) is 12.3 Å². The van der Waals surface area contributed by atoms with Crippen LogP contribution in [0.1, 0.15) is 18.5 Å². The van der Waals surface area contributed by atoms with Gasteiger partial charge < -0.3 is 5.32 Å². The van der Waals surface area contributed by atoms with Crippen molar-refractivity contribution in [2.24, 2.45) is 0 Å². The van der Waals surface area contributed by atoms with Crippen LogP contribution in [0.2, 0.25) is 0 Å². The topological polar surface area (TPSA) is 46.2 Å². The maximum absolute atomic E-state index is 12.9. The Balaban J connectivity index is 2.25. The minimum atomic E-state index is -3.48. The van der Waals surface area contributed by atoms with Crippen LogP contribution in [0.5, 0.6) is 0 Å². The van der Waals surface area contributed by atoms with E-state index in [4.69, 9.17) is 0 Å². The maximum Gasteiger partial charge on any atom is 0.180 e. The van der Waals surface area contributed by atoms with E-state index in [0.717, 1.165) is 17.7 Å². The zero-order valence-electron chi connectivity index (χ0n) is 11.8. The second-order valence-corrected chi connectivity index (χ2v) is 6.79. The summed E-state index contributed by atoms with van der Waals surface area (Å²) in [6.07, 6.45) is 0. The minimum absolute atomic E-state index is 0.0590. The molecule has 0 aliphatic rings. The number of halogens is 1. The maximum atomic E-state index is 12.9. The number of rotatable bonds is 6. The van der Waals surface area contributed by atoms with Crippen molar-refractivity contribution < 1.29 is 12.8 Å². The SMILES string of the molecule is CCNC(CS(=O)(=O)c1ccc(F)cc1)c1ccccc1. The molecule has 0 saturated heterocycles. The van der Waals surface area contributed by atoms with Gasteiger partial charge in [0.2, 0.25) is 0 Å². The van der Waals surface area contributed by atoms with Gasteiger partial charge in [0.15, 0.2) is 9.84 Å². The number of hydrogen-bond donors (Lipinski definition) is 1. The molecule has 0 heterocycles. The average molecular weight is 307 g/mol. The highest BCUT2D eigenvalue weighted by atomic mass is 32.2. The fraction of sp³-hybridized carbons (Fsp3) is 0.250. The van der Waals surface area contributed by atoms with Gasteiger partial charge in [0, 0.05) is 6.04 Å². The molecule has 1 N–H and O–H groups in total. The molecular weight excluding hydrogens is 289 g/mol. The number of hydrogen-bond acceptors (Lipinski definition) is 3. The first-order valence-corrected chi connectivity index (χ1v) is 8.45. The van der Waals surface area contributed by atoms with Crippen LogP contribution < -0.4 is 5.32 Å². The number of benzene rings is 2. The summed E-state index contributed by atoms with van der Waals surface area (Å²) in [5.41, 5.74) is 0.921. The van der Waals surface area contributed by atoms with Crippen LogP contribution >= 0.6 is 0 Å². The summed E-state index contributed by atoms with van der Waals surface area (Å²) in [6.45, 7) is 2.60. The fourth-order valence-corrected chi connectivity index (χ4v) is 3.65. The predicted molar refractivity (Wildman–Crippen MR) is 81.3 cm³/mol. The highest BCUT2D eigenvalue weighted by Crippen LogP contribution is 2.20. The van der Waals surface area contributed by atoms with Crippen LogP contribution in [-0.4, -0.2) is 20.7 Å². The number of nitrogens with one attached hydrogen (secondary N) is 1. The van der Waals surface area contributed by atoms with Crippen molar-refractivity contribution in [1.29, 1.82) is 0 Å². The third-order valence-corrected chi connectivity index (χ3v) is 4.97. The molecule has 2 aromatic carbocycles. The largest absolute Gasteiger partial charge is 0.309 e. The van der Waals surface area contributed by atoms with Crippen LogP contribution in [-0.2, 0) is 9.84 Å². The van der Waals surface area contributed by atoms with Gasteiger partial charge in [-0.3, -0.25) is 0 Å². The average Bonchev–Trinajstić information content (AvgIpc) is 2.48. The van der Waals surface area contributed by atoms with Crippen molar-refractivity contribution in [1.82, 2.24) is 5.32 Å². The van der Waals surface area contributed by atoms with Crippen molar-refractivity contribution in [3.8, 4) is 0 Å². The van der Waals surface area contributed by atoms with Crippen molar-refractivity contribution >= 4 is 9.84 Å². The second-order valence-electron chi connectivity index (χ2n) is 4.76. The fourth-order valence-electron chi connectivity index (χ4n) is 2.16. The molecule has 112 valence electrons. The summed E-state index contributed by atoms with van der Waals surface area (Å²) < 4.78 is 37.8. The van der Waals surface area contributed by atoms with Crippen molar-refractivity contribution in [2.45, 2.75) is 17.9 Å². The Labute approximate surface area is 124 Å². The van der Waals surface area contributed by atoms with Gasteiger partial charge in [-0.1, -0.05) is 37.3 Å². The van der Waals surface area contributed by atoms with Gasteiger partial charge in [-0.2, -0.15) is 0 Å². The summed E-state index contributed by atoms with van der Waals surface area (Å²) >= 11 is 0. The van der Waals surface area contributed by atoms with E-state index in [1.165, 1.54) is 12.1 Å². The van der Waals surface area contributed by atoms with E-state index in [-0.39, 0.29) is 16.7 Å².